The van der Waals surface area contributed by atoms with Crippen molar-refractivity contribution in [1.82, 2.24) is 25.3 Å². The molecule has 3 aliphatic heterocycles. The van der Waals surface area contributed by atoms with Crippen molar-refractivity contribution in [3.05, 3.63) is 17.5 Å². The van der Waals surface area contributed by atoms with Crippen LogP contribution in [0, 0.1) is 10.8 Å². The summed E-state index contributed by atoms with van der Waals surface area (Å²) in [4.78, 5) is 16.3. The second-order valence-electron chi connectivity index (χ2n) is 9.43. The lowest BCUT2D eigenvalue weighted by atomic mass is 9.84. The number of nitrogens with two attached hydrogens (primary N) is 1. The number of urea groups is 1. The minimum Gasteiger partial charge on any atom is -0.370 e. The van der Waals surface area contributed by atoms with Gasteiger partial charge in [-0.1, -0.05) is 5.16 Å². The van der Waals surface area contributed by atoms with Crippen LogP contribution in [0.25, 0.3) is 0 Å². The zero-order valence-electron chi connectivity index (χ0n) is 18.1. The number of carbonyl (C=O) groups is 1. The zero-order chi connectivity index (χ0) is 23.4. The van der Waals surface area contributed by atoms with Crippen LogP contribution < -0.4 is 11.1 Å². The first-order valence-corrected chi connectivity index (χ1v) is 12.6. The number of guanidine groups is 1. The van der Waals surface area contributed by atoms with Crippen molar-refractivity contribution in [3.63, 3.8) is 0 Å². The molecule has 4 aliphatic rings. The molecule has 3 saturated heterocycles. The van der Waals surface area contributed by atoms with Crippen LogP contribution in [0.15, 0.2) is 10.6 Å². The Balaban J connectivity index is 1.19. The molecule has 14 heteroatoms. The summed E-state index contributed by atoms with van der Waals surface area (Å²) in [6, 6.07) is 0.903. The van der Waals surface area contributed by atoms with Gasteiger partial charge in [-0.15, -0.1) is 4.28 Å². The molecule has 0 radical (unpaired) electrons. The van der Waals surface area contributed by atoms with Crippen LogP contribution >= 0.6 is 0 Å². The number of aromatic nitrogens is 1. The standard InChI is InChI=1S/C19H29N7O6S/c20-17(21)24-7-2-12(3-8-24)22-6-1-13-9-14(23-31-13)15-10-19(4-5-19)16-11-25(15)18(27)26(16)32-33(28,29)30/h9,12,15-16,22H,1-8,10-11H2,(H3,20,21)(H,28,29,30)/t15-,16-/m0/s1. The largest absolute Gasteiger partial charge is 0.418 e. The number of piperidine rings is 2. The molecule has 1 spiro atoms. The van der Waals surface area contributed by atoms with E-state index in [0.717, 1.165) is 43.8 Å². The number of hydrogen-bond donors (Lipinski definition) is 4. The molecule has 1 aliphatic carbocycles. The SMILES string of the molecule is N=C(N)N1CCC(NCCc2cc([C@@H]3CC4(CC4)[C@@H]4CN3C(=O)N4OS(=O)(=O)O)no2)CC1. The third-order valence-corrected chi connectivity index (χ3v) is 7.74. The smallest absolute Gasteiger partial charge is 0.370 e. The van der Waals surface area contributed by atoms with E-state index in [2.05, 4.69) is 14.8 Å². The average molecular weight is 484 g/mol. The van der Waals surface area contributed by atoms with Gasteiger partial charge in [0.25, 0.3) is 0 Å². The van der Waals surface area contributed by atoms with E-state index in [1.807, 2.05) is 11.0 Å². The molecule has 13 nitrogen and oxygen atoms in total. The highest BCUT2D eigenvalue weighted by atomic mass is 32.3. The van der Waals surface area contributed by atoms with Gasteiger partial charge in [0.1, 0.15) is 11.5 Å². The highest BCUT2D eigenvalue weighted by Gasteiger charge is 2.64. The number of carbonyl (C=O) groups excluding carboxylic acids is 1. The van der Waals surface area contributed by atoms with Gasteiger partial charge in [-0.2, -0.15) is 13.5 Å². The lowest BCUT2D eigenvalue weighted by Gasteiger charge is -2.35. The van der Waals surface area contributed by atoms with Crippen LogP contribution in [0.3, 0.4) is 0 Å². The molecule has 2 bridgehead atoms. The zero-order valence-corrected chi connectivity index (χ0v) is 19.0. The number of hydroxylamine groups is 2. The van der Waals surface area contributed by atoms with Gasteiger partial charge >= 0.3 is 16.4 Å². The van der Waals surface area contributed by atoms with Crippen molar-refractivity contribution in [2.24, 2.45) is 11.1 Å². The summed E-state index contributed by atoms with van der Waals surface area (Å²) < 4.78 is 41.7. The summed E-state index contributed by atoms with van der Waals surface area (Å²) in [5.41, 5.74) is 5.95. The van der Waals surface area contributed by atoms with Crippen molar-refractivity contribution >= 4 is 22.4 Å². The van der Waals surface area contributed by atoms with Crippen LogP contribution in [0.4, 0.5) is 4.79 Å². The van der Waals surface area contributed by atoms with E-state index < -0.39 is 22.5 Å². The molecular weight excluding hydrogens is 454 g/mol. The molecule has 5 rings (SSSR count). The van der Waals surface area contributed by atoms with E-state index in [9.17, 15) is 13.2 Å². The first kappa shape index (κ1) is 22.4. The minimum atomic E-state index is -4.79. The third-order valence-electron chi connectivity index (χ3n) is 7.40. The van der Waals surface area contributed by atoms with Crippen LogP contribution in [0.5, 0.6) is 0 Å². The van der Waals surface area contributed by atoms with Crippen LogP contribution in [-0.2, 0) is 21.1 Å². The Morgan fingerprint density at radius 1 is 1.39 bits per heavy atom. The Hall–Kier alpha value is -2.42. The Kier molecular flexibility index (Phi) is 5.50. The fourth-order valence-electron chi connectivity index (χ4n) is 5.41. The summed E-state index contributed by atoms with van der Waals surface area (Å²) in [5.74, 6) is 0.831. The lowest BCUT2D eigenvalue weighted by Crippen LogP contribution is -2.47. The van der Waals surface area contributed by atoms with Gasteiger partial charge in [0.2, 0.25) is 0 Å². The topological polar surface area (TPSA) is 178 Å². The number of hydrogen-bond acceptors (Lipinski definition) is 8. The van der Waals surface area contributed by atoms with Crippen LogP contribution in [0.1, 0.15) is 49.6 Å². The van der Waals surface area contributed by atoms with E-state index in [0.29, 0.717) is 43.4 Å². The maximum atomic E-state index is 12.8. The Morgan fingerprint density at radius 2 is 2.12 bits per heavy atom. The van der Waals surface area contributed by atoms with Crippen molar-refractivity contribution in [1.29, 1.82) is 5.41 Å². The number of amides is 2. The molecular formula is C19H29N7O6S. The molecule has 1 aromatic rings. The fraction of sp³-hybridized carbons (Fsp3) is 0.737. The lowest BCUT2D eigenvalue weighted by molar-refractivity contribution is -0.0527. The van der Waals surface area contributed by atoms with Gasteiger partial charge in [-0.25, -0.2) is 4.79 Å². The summed E-state index contributed by atoms with van der Waals surface area (Å²) in [5, 5.41) is 16.0. The summed E-state index contributed by atoms with van der Waals surface area (Å²) in [6.45, 7) is 2.58. The maximum Gasteiger partial charge on any atom is 0.418 e. The number of nitrogens with zero attached hydrogens (tertiary/aromatic N) is 4. The summed E-state index contributed by atoms with van der Waals surface area (Å²) in [6.07, 6.45) is 4.85. The molecule has 4 fully saturated rings. The highest BCUT2D eigenvalue weighted by Crippen LogP contribution is 2.61. The van der Waals surface area contributed by atoms with Gasteiger partial charge in [0.05, 0.1) is 12.1 Å². The monoisotopic (exact) mass is 483 g/mol. The van der Waals surface area contributed by atoms with Gasteiger partial charge in [0.15, 0.2) is 5.96 Å². The molecule has 182 valence electrons. The molecule has 0 unspecified atom stereocenters. The second kappa shape index (κ2) is 8.11. The molecule has 1 aromatic heterocycles. The van der Waals surface area contributed by atoms with Crippen molar-refractivity contribution in [3.8, 4) is 0 Å². The van der Waals surface area contributed by atoms with E-state index in [1.54, 1.807) is 4.90 Å². The van der Waals surface area contributed by atoms with Gasteiger partial charge < -0.3 is 25.4 Å². The molecule has 2 atom stereocenters. The molecule has 0 aromatic carbocycles. The second-order valence-corrected chi connectivity index (χ2v) is 10.4. The van der Waals surface area contributed by atoms with Crippen LogP contribution in [-0.4, -0.2) is 83.2 Å². The number of fused-ring (bicyclic) bond motifs is 3. The quantitative estimate of drug-likeness (QED) is 0.238. The first-order chi connectivity index (χ1) is 15.7. The maximum absolute atomic E-state index is 12.8. The highest BCUT2D eigenvalue weighted by molar-refractivity contribution is 7.80. The average Bonchev–Trinajstić information content (AvgIpc) is 3.26. The van der Waals surface area contributed by atoms with Crippen molar-refractivity contribution in [2.45, 2.75) is 56.7 Å². The van der Waals surface area contributed by atoms with Gasteiger partial charge in [0, 0.05) is 44.7 Å². The molecule has 5 N–H and O–H groups in total. The predicted molar refractivity (Wildman–Crippen MR) is 114 cm³/mol. The molecule has 1 saturated carbocycles. The van der Waals surface area contributed by atoms with Gasteiger partial charge in [-0.3, -0.25) is 9.96 Å². The Bertz CT molecular complexity index is 1030. The van der Waals surface area contributed by atoms with E-state index in [4.69, 9.17) is 20.2 Å². The number of likely N-dealkylation sites (tertiary alicyclic amines) is 1. The molecule has 2 amide bonds. The van der Waals surface area contributed by atoms with Gasteiger partial charge in [-0.05, 0) is 37.5 Å². The van der Waals surface area contributed by atoms with E-state index in [1.165, 1.54) is 0 Å². The summed E-state index contributed by atoms with van der Waals surface area (Å²) >= 11 is 0. The van der Waals surface area contributed by atoms with Crippen molar-refractivity contribution in [2.75, 3.05) is 26.2 Å². The molecule has 33 heavy (non-hydrogen) atoms. The van der Waals surface area contributed by atoms with Crippen molar-refractivity contribution < 1.29 is 26.6 Å². The number of nitrogens with one attached hydrogen (secondary N) is 2. The van der Waals surface area contributed by atoms with E-state index in [-0.39, 0.29) is 17.4 Å². The predicted octanol–water partition coefficient (Wildman–Crippen LogP) is 0.230. The van der Waals surface area contributed by atoms with E-state index >= 15 is 0 Å². The first-order valence-electron chi connectivity index (χ1n) is 11.2. The molecule has 4 heterocycles. The summed E-state index contributed by atoms with van der Waals surface area (Å²) in [7, 11) is -4.79. The Labute approximate surface area is 191 Å². The van der Waals surface area contributed by atoms with Crippen LogP contribution in [0.2, 0.25) is 0 Å². The minimum absolute atomic E-state index is 0.119. The normalized spacial score (nSPS) is 26.9. The number of rotatable bonds is 7. The fourth-order valence-corrected chi connectivity index (χ4v) is 5.78. The third kappa shape index (κ3) is 4.39. The Morgan fingerprint density at radius 3 is 2.76 bits per heavy atom.